The van der Waals surface area contributed by atoms with Crippen molar-refractivity contribution >= 4 is 5.69 Å². The van der Waals surface area contributed by atoms with E-state index >= 15 is 0 Å². The Morgan fingerprint density at radius 2 is 2.07 bits per heavy atom. The van der Waals surface area contributed by atoms with Gasteiger partial charge in [-0.2, -0.15) is 5.26 Å². The highest BCUT2D eigenvalue weighted by molar-refractivity contribution is 5.51. The Bertz CT molecular complexity index is 401. The summed E-state index contributed by atoms with van der Waals surface area (Å²) >= 11 is 0. The maximum atomic E-state index is 13.4. The van der Waals surface area contributed by atoms with Crippen LogP contribution >= 0.6 is 0 Å². The summed E-state index contributed by atoms with van der Waals surface area (Å²) in [5.74, 6) is -2.22. The van der Waals surface area contributed by atoms with Crippen LogP contribution in [-0.4, -0.2) is 25.3 Å². The Labute approximate surface area is 86.2 Å². The zero-order chi connectivity index (χ0) is 11.4. The quantitative estimate of drug-likeness (QED) is 0.820. The molecule has 15 heavy (non-hydrogen) atoms. The Morgan fingerprint density at radius 3 is 2.60 bits per heavy atom. The Kier molecular flexibility index (Phi) is 3.58. The van der Waals surface area contributed by atoms with Gasteiger partial charge in [0.1, 0.15) is 6.07 Å². The number of anilines is 1. The number of halogens is 2. The van der Waals surface area contributed by atoms with Gasteiger partial charge in [-0.15, -0.1) is 0 Å². The van der Waals surface area contributed by atoms with E-state index in [1.165, 1.54) is 24.1 Å². The fourth-order valence-corrected chi connectivity index (χ4v) is 1.19. The maximum absolute atomic E-state index is 13.4. The molecule has 0 amide bonds. The molecule has 0 saturated heterocycles. The van der Waals surface area contributed by atoms with E-state index in [1.54, 1.807) is 6.07 Å². The molecule has 80 valence electrons. The lowest BCUT2D eigenvalue weighted by Crippen LogP contribution is -2.22. The molecule has 3 nitrogen and oxygen atoms in total. The average Bonchev–Trinajstić information content (AvgIpc) is 2.22. The SMILES string of the molecule is CN(CCO)c1ccc(C#N)c(F)c1F. The minimum Gasteiger partial charge on any atom is -0.395 e. The maximum Gasteiger partial charge on any atom is 0.183 e. The van der Waals surface area contributed by atoms with E-state index in [-0.39, 0.29) is 24.4 Å². The lowest BCUT2D eigenvalue weighted by molar-refractivity contribution is 0.303. The van der Waals surface area contributed by atoms with Gasteiger partial charge in [0, 0.05) is 13.6 Å². The molecule has 0 heterocycles. The summed E-state index contributed by atoms with van der Waals surface area (Å²) in [6.45, 7) is 0.0415. The van der Waals surface area contributed by atoms with Gasteiger partial charge in [-0.05, 0) is 12.1 Å². The second-order valence-corrected chi connectivity index (χ2v) is 3.02. The first-order valence-electron chi connectivity index (χ1n) is 4.32. The van der Waals surface area contributed by atoms with Crippen molar-refractivity contribution in [2.75, 3.05) is 25.1 Å². The molecule has 0 aliphatic heterocycles. The van der Waals surface area contributed by atoms with Gasteiger partial charge in [-0.25, -0.2) is 8.78 Å². The van der Waals surface area contributed by atoms with Crippen LogP contribution < -0.4 is 4.90 Å². The lowest BCUT2D eigenvalue weighted by Gasteiger charge is -2.18. The highest BCUT2D eigenvalue weighted by Gasteiger charge is 2.15. The van der Waals surface area contributed by atoms with Crippen LogP contribution in [0.2, 0.25) is 0 Å². The number of hydrogen-bond donors (Lipinski definition) is 1. The van der Waals surface area contributed by atoms with Crippen LogP contribution in [-0.2, 0) is 0 Å². The lowest BCUT2D eigenvalue weighted by atomic mass is 10.2. The highest BCUT2D eigenvalue weighted by atomic mass is 19.2. The van der Waals surface area contributed by atoms with Crippen molar-refractivity contribution in [3.8, 4) is 6.07 Å². The number of hydrogen-bond acceptors (Lipinski definition) is 3. The predicted octanol–water partition coefficient (Wildman–Crippen LogP) is 1.26. The van der Waals surface area contributed by atoms with Crippen molar-refractivity contribution in [2.24, 2.45) is 0 Å². The van der Waals surface area contributed by atoms with Gasteiger partial charge in [0.2, 0.25) is 0 Å². The Morgan fingerprint density at radius 1 is 1.40 bits per heavy atom. The normalized spacial score (nSPS) is 9.80. The fraction of sp³-hybridized carbons (Fsp3) is 0.300. The predicted molar refractivity (Wildman–Crippen MR) is 51.4 cm³/mol. The molecule has 0 aromatic heterocycles. The van der Waals surface area contributed by atoms with Crippen molar-refractivity contribution in [1.29, 1.82) is 5.26 Å². The van der Waals surface area contributed by atoms with Crippen LogP contribution in [0.4, 0.5) is 14.5 Å². The zero-order valence-corrected chi connectivity index (χ0v) is 8.17. The first-order chi connectivity index (χ1) is 7.11. The zero-order valence-electron chi connectivity index (χ0n) is 8.17. The number of aliphatic hydroxyl groups excluding tert-OH is 1. The molecular formula is C10H10F2N2O. The largest absolute Gasteiger partial charge is 0.395 e. The molecule has 5 heteroatoms. The Hall–Kier alpha value is -1.67. The minimum atomic E-state index is -1.15. The van der Waals surface area contributed by atoms with Gasteiger partial charge in [0.05, 0.1) is 17.9 Å². The Balaban J connectivity index is 3.13. The van der Waals surface area contributed by atoms with E-state index in [0.29, 0.717) is 0 Å². The van der Waals surface area contributed by atoms with Crippen molar-refractivity contribution in [3.05, 3.63) is 29.3 Å². The molecule has 0 saturated carbocycles. The van der Waals surface area contributed by atoms with Gasteiger partial charge in [0.15, 0.2) is 11.6 Å². The summed E-state index contributed by atoms with van der Waals surface area (Å²) in [5, 5.41) is 17.1. The van der Waals surface area contributed by atoms with Gasteiger partial charge >= 0.3 is 0 Å². The molecular weight excluding hydrogens is 202 g/mol. The molecule has 1 aromatic rings. The van der Waals surface area contributed by atoms with Crippen molar-refractivity contribution in [1.82, 2.24) is 0 Å². The van der Waals surface area contributed by atoms with Crippen LogP contribution in [0, 0.1) is 23.0 Å². The van der Waals surface area contributed by atoms with Crippen LogP contribution in [0.15, 0.2) is 12.1 Å². The number of nitriles is 1. The standard InChI is InChI=1S/C10H10F2N2O/c1-14(4-5-15)8-3-2-7(6-13)9(11)10(8)12/h2-3,15H,4-5H2,1H3. The van der Waals surface area contributed by atoms with Crippen molar-refractivity contribution in [2.45, 2.75) is 0 Å². The van der Waals surface area contributed by atoms with Gasteiger partial charge in [0.25, 0.3) is 0 Å². The van der Waals surface area contributed by atoms with Gasteiger partial charge < -0.3 is 10.0 Å². The average molecular weight is 212 g/mol. The smallest absolute Gasteiger partial charge is 0.183 e. The number of aliphatic hydroxyl groups is 1. The van der Waals surface area contributed by atoms with Crippen LogP contribution in [0.1, 0.15) is 5.56 Å². The van der Waals surface area contributed by atoms with E-state index in [1.807, 2.05) is 0 Å². The molecule has 0 atom stereocenters. The van der Waals surface area contributed by atoms with E-state index < -0.39 is 11.6 Å². The molecule has 1 aromatic carbocycles. The minimum absolute atomic E-state index is 0.0283. The molecule has 0 aliphatic carbocycles. The number of benzene rings is 1. The number of likely N-dealkylation sites (N-methyl/N-ethyl adjacent to an activating group) is 1. The summed E-state index contributed by atoms with van der Waals surface area (Å²) in [6.07, 6.45) is 0. The molecule has 0 bridgehead atoms. The molecule has 0 aliphatic rings. The third kappa shape index (κ3) is 2.22. The summed E-state index contributed by atoms with van der Waals surface area (Å²) < 4.78 is 26.5. The first-order valence-corrected chi connectivity index (χ1v) is 4.32. The summed E-state index contributed by atoms with van der Waals surface area (Å²) in [6, 6.07) is 4.07. The summed E-state index contributed by atoms with van der Waals surface area (Å²) in [4.78, 5) is 1.37. The highest BCUT2D eigenvalue weighted by Crippen LogP contribution is 2.22. The number of rotatable bonds is 3. The second kappa shape index (κ2) is 4.71. The summed E-state index contributed by atoms with van der Waals surface area (Å²) in [7, 11) is 1.53. The van der Waals surface area contributed by atoms with E-state index in [4.69, 9.17) is 10.4 Å². The van der Waals surface area contributed by atoms with Crippen LogP contribution in [0.25, 0.3) is 0 Å². The third-order valence-corrected chi connectivity index (χ3v) is 2.03. The van der Waals surface area contributed by atoms with Crippen molar-refractivity contribution in [3.63, 3.8) is 0 Å². The van der Waals surface area contributed by atoms with Gasteiger partial charge in [-0.3, -0.25) is 0 Å². The fourth-order valence-electron chi connectivity index (χ4n) is 1.19. The molecule has 1 N–H and O–H groups in total. The number of nitrogens with zero attached hydrogens (tertiary/aromatic N) is 2. The van der Waals surface area contributed by atoms with Crippen LogP contribution in [0.3, 0.4) is 0 Å². The van der Waals surface area contributed by atoms with E-state index in [9.17, 15) is 8.78 Å². The van der Waals surface area contributed by atoms with E-state index in [2.05, 4.69) is 0 Å². The topological polar surface area (TPSA) is 47.3 Å². The molecule has 0 fully saturated rings. The second-order valence-electron chi connectivity index (χ2n) is 3.02. The van der Waals surface area contributed by atoms with Crippen LogP contribution in [0.5, 0.6) is 0 Å². The molecule has 0 unspecified atom stereocenters. The van der Waals surface area contributed by atoms with Crippen molar-refractivity contribution < 1.29 is 13.9 Å². The summed E-state index contributed by atoms with van der Waals surface area (Å²) in [5.41, 5.74) is -0.297. The van der Waals surface area contributed by atoms with E-state index in [0.717, 1.165) is 0 Å². The monoisotopic (exact) mass is 212 g/mol. The van der Waals surface area contributed by atoms with Gasteiger partial charge in [-0.1, -0.05) is 0 Å². The first kappa shape index (κ1) is 11.4. The molecule has 0 radical (unpaired) electrons. The molecule has 0 spiro atoms. The molecule has 1 rings (SSSR count). The third-order valence-electron chi connectivity index (χ3n) is 2.03.